The third kappa shape index (κ3) is 4.52. The van der Waals surface area contributed by atoms with Crippen molar-refractivity contribution in [2.45, 2.75) is 32.9 Å². The van der Waals surface area contributed by atoms with Gasteiger partial charge in [0.15, 0.2) is 0 Å². The van der Waals surface area contributed by atoms with Crippen molar-refractivity contribution >= 4 is 5.82 Å². The lowest BCUT2D eigenvalue weighted by atomic mass is 9.99. The number of halogens is 1. The van der Waals surface area contributed by atoms with Gasteiger partial charge in [0.25, 0.3) is 0 Å². The van der Waals surface area contributed by atoms with Gasteiger partial charge >= 0.3 is 0 Å². The van der Waals surface area contributed by atoms with Crippen molar-refractivity contribution in [2.24, 2.45) is 5.92 Å². The molecule has 1 aromatic carbocycles. The Bertz CT molecular complexity index is 644. The van der Waals surface area contributed by atoms with Crippen LogP contribution < -0.4 is 5.32 Å². The van der Waals surface area contributed by atoms with Crippen LogP contribution in [0.15, 0.2) is 42.5 Å². The van der Waals surface area contributed by atoms with E-state index in [-0.39, 0.29) is 0 Å². The second kappa shape index (κ2) is 7.55. The van der Waals surface area contributed by atoms with Crippen LogP contribution in [0.5, 0.6) is 0 Å². The molecule has 0 aliphatic carbocycles. The highest BCUT2D eigenvalue weighted by atomic mass is 19.1. The number of hydrogen-bond donors (Lipinski definition) is 1. The topological polar surface area (TPSA) is 28.2 Å². The third-order valence-corrected chi connectivity index (χ3v) is 4.43. The van der Waals surface area contributed by atoms with Crippen LogP contribution in [0.1, 0.15) is 30.9 Å². The summed E-state index contributed by atoms with van der Waals surface area (Å²) in [4.78, 5) is 6.39. The van der Waals surface area contributed by atoms with Gasteiger partial charge in [-0.15, -0.1) is 0 Å². The molecule has 2 aromatic rings. The Morgan fingerprint density at radius 3 is 2.78 bits per heavy atom. The highest BCUT2D eigenvalue weighted by molar-refractivity contribution is 5.37. The van der Waals surface area contributed by atoms with Gasteiger partial charge in [0.1, 0.15) is 5.82 Å². The van der Waals surface area contributed by atoms with E-state index in [2.05, 4.69) is 46.4 Å². The third-order valence-electron chi connectivity index (χ3n) is 4.43. The van der Waals surface area contributed by atoms with E-state index >= 15 is 0 Å². The fourth-order valence-corrected chi connectivity index (χ4v) is 3.25. The second-order valence-electron chi connectivity index (χ2n) is 6.45. The maximum atomic E-state index is 13.2. The molecule has 1 aromatic heterocycles. The summed E-state index contributed by atoms with van der Waals surface area (Å²) in [5, 5.41) is 3.22. The Morgan fingerprint density at radius 1 is 1.17 bits per heavy atom. The molecular weight excluding hydrogens is 289 g/mol. The first-order valence-electron chi connectivity index (χ1n) is 8.36. The highest BCUT2D eigenvalue weighted by Crippen LogP contribution is 2.20. The minimum atomic E-state index is -0.453. The zero-order valence-electron chi connectivity index (χ0n) is 13.6. The number of hydrogen-bond acceptors (Lipinski definition) is 3. The monoisotopic (exact) mass is 313 g/mol. The summed E-state index contributed by atoms with van der Waals surface area (Å²) in [6, 6.07) is 13.3. The Labute approximate surface area is 137 Å². The normalized spacial score (nSPS) is 18.8. The average molecular weight is 313 g/mol. The van der Waals surface area contributed by atoms with Crippen LogP contribution in [0.25, 0.3) is 0 Å². The van der Waals surface area contributed by atoms with Gasteiger partial charge in [0.2, 0.25) is 5.95 Å². The number of anilines is 1. The molecule has 23 heavy (non-hydrogen) atoms. The summed E-state index contributed by atoms with van der Waals surface area (Å²) in [5.41, 5.74) is 2.59. The van der Waals surface area contributed by atoms with Gasteiger partial charge in [0.05, 0.1) is 0 Å². The fourth-order valence-electron chi connectivity index (χ4n) is 3.25. The summed E-state index contributed by atoms with van der Waals surface area (Å²) in [6.45, 7) is 6.33. The van der Waals surface area contributed by atoms with Crippen LogP contribution in [0, 0.1) is 11.9 Å². The molecular formula is C19H24FN3. The molecule has 0 spiro atoms. The molecule has 1 aliphatic heterocycles. The van der Waals surface area contributed by atoms with E-state index in [1.807, 2.05) is 0 Å². The van der Waals surface area contributed by atoms with Gasteiger partial charge in [-0.1, -0.05) is 37.3 Å². The smallest absolute Gasteiger partial charge is 0.214 e. The molecule has 122 valence electrons. The fraction of sp³-hybridized carbons (Fsp3) is 0.421. The highest BCUT2D eigenvalue weighted by Gasteiger charge is 2.17. The first-order valence-corrected chi connectivity index (χ1v) is 8.36. The van der Waals surface area contributed by atoms with Crippen molar-refractivity contribution < 1.29 is 4.39 Å². The van der Waals surface area contributed by atoms with Crippen molar-refractivity contribution in [3.05, 3.63) is 59.5 Å². The van der Waals surface area contributed by atoms with Gasteiger partial charge in [-0.25, -0.2) is 4.98 Å². The van der Waals surface area contributed by atoms with Crippen LogP contribution >= 0.6 is 0 Å². The lowest BCUT2D eigenvalue weighted by Crippen LogP contribution is -2.34. The maximum absolute atomic E-state index is 13.2. The summed E-state index contributed by atoms with van der Waals surface area (Å²) >= 11 is 0. The lowest BCUT2D eigenvalue weighted by molar-refractivity contribution is 0.176. The standard InChI is InChI=1S/C19H24FN3/c1-15-6-5-11-23(13-15)14-17-8-3-2-7-16(17)12-21-19-10-4-9-18(20)22-19/h2-4,7-10,15H,5-6,11-14H2,1H3,(H,21,22). The van der Waals surface area contributed by atoms with Gasteiger partial charge in [-0.05, 0) is 48.6 Å². The van der Waals surface area contributed by atoms with Gasteiger partial charge < -0.3 is 5.32 Å². The first kappa shape index (κ1) is 15.9. The molecule has 1 N–H and O–H groups in total. The Morgan fingerprint density at radius 2 is 2.00 bits per heavy atom. The number of pyridine rings is 1. The molecule has 1 fully saturated rings. The molecule has 0 bridgehead atoms. The minimum absolute atomic E-state index is 0.453. The SMILES string of the molecule is CC1CCCN(Cc2ccccc2CNc2cccc(F)n2)C1. The second-order valence-corrected chi connectivity index (χ2v) is 6.45. The van der Waals surface area contributed by atoms with E-state index in [0.29, 0.717) is 12.4 Å². The van der Waals surface area contributed by atoms with Crippen molar-refractivity contribution in [3.8, 4) is 0 Å². The maximum Gasteiger partial charge on any atom is 0.214 e. The van der Waals surface area contributed by atoms with Crippen molar-refractivity contribution in [3.63, 3.8) is 0 Å². The van der Waals surface area contributed by atoms with Crippen molar-refractivity contribution in [1.29, 1.82) is 0 Å². The molecule has 1 unspecified atom stereocenters. The minimum Gasteiger partial charge on any atom is -0.366 e. The largest absolute Gasteiger partial charge is 0.366 e. The number of likely N-dealkylation sites (tertiary alicyclic amines) is 1. The number of piperidine rings is 1. The number of benzene rings is 1. The van der Waals surface area contributed by atoms with E-state index < -0.39 is 5.95 Å². The number of nitrogens with one attached hydrogen (secondary N) is 1. The summed E-state index contributed by atoms with van der Waals surface area (Å²) < 4.78 is 13.2. The molecule has 0 amide bonds. The molecule has 3 rings (SSSR count). The predicted octanol–water partition coefficient (Wildman–Crippen LogP) is 4.06. The average Bonchev–Trinajstić information content (AvgIpc) is 2.54. The number of rotatable bonds is 5. The molecule has 1 aliphatic rings. The Hall–Kier alpha value is -1.94. The number of aromatic nitrogens is 1. The quantitative estimate of drug-likeness (QED) is 0.844. The van der Waals surface area contributed by atoms with E-state index in [9.17, 15) is 4.39 Å². The molecule has 1 saturated heterocycles. The van der Waals surface area contributed by atoms with Crippen molar-refractivity contribution in [1.82, 2.24) is 9.88 Å². The van der Waals surface area contributed by atoms with Gasteiger partial charge in [-0.2, -0.15) is 4.39 Å². The first-order chi connectivity index (χ1) is 11.2. The van der Waals surface area contributed by atoms with Gasteiger partial charge in [-0.3, -0.25) is 4.90 Å². The molecule has 4 heteroatoms. The molecule has 3 nitrogen and oxygen atoms in total. The van der Waals surface area contributed by atoms with E-state index in [1.54, 1.807) is 12.1 Å². The molecule has 2 heterocycles. The lowest BCUT2D eigenvalue weighted by Gasteiger charge is -2.31. The van der Waals surface area contributed by atoms with Crippen LogP contribution in [0.4, 0.5) is 10.2 Å². The Balaban J connectivity index is 1.65. The molecule has 0 saturated carbocycles. The number of nitrogens with zero attached hydrogens (tertiary/aromatic N) is 2. The van der Waals surface area contributed by atoms with Crippen molar-refractivity contribution in [2.75, 3.05) is 18.4 Å². The summed E-state index contributed by atoms with van der Waals surface area (Å²) in [6.07, 6.45) is 2.62. The van der Waals surface area contributed by atoms with E-state index in [0.717, 1.165) is 12.5 Å². The van der Waals surface area contributed by atoms with Gasteiger partial charge in [0, 0.05) is 19.6 Å². The van der Waals surface area contributed by atoms with Crippen LogP contribution in [-0.4, -0.2) is 23.0 Å². The Kier molecular flexibility index (Phi) is 5.23. The van der Waals surface area contributed by atoms with E-state index in [4.69, 9.17) is 0 Å². The zero-order chi connectivity index (χ0) is 16.1. The molecule has 0 radical (unpaired) electrons. The zero-order valence-corrected chi connectivity index (χ0v) is 13.6. The summed E-state index contributed by atoms with van der Waals surface area (Å²) in [5.74, 6) is 0.905. The van der Waals surface area contributed by atoms with E-state index in [1.165, 1.54) is 43.1 Å². The summed E-state index contributed by atoms with van der Waals surface area (Å²) in [7, 11) is 0. The molecule has 1 atom stereocenters. The van der Waals surface area contributed by atoms with Crippen LogP contribution in [-0.2, 0) is 13.1 Å². The van der Waals surface area contributed by atoms with Crippen LogP contribution in [0.3, 0.4) is 0 Å². The predicted molar refractivity (Wildman–Crippen MR) is 91.6 cm³/mol. The van der Waals surface area contributed by atoms with Crippen LogP contribution in [0.2, 0.25) is 0 Å².